The van der Waals surface area contributed by atoms with E-state index in [0.29, 0.717) is 0 Å². The summed E-state index contributed by atoms with van der Waals surface area (Å²) in [6, 6.07) is 6.99. The van der Waals surface area contributed by atoms with Crippen molar-refractivity contribution in [1.82, 2.24) is 15.5 Å². The maximum atomic E-state index is 13.5. The molecule has 1 aliphatic carbocycles. The van der Waals surface area contributed by atoms with Crippen LogP contribution in [0.2, 0.25) is 0 Å². The fourth-order valence-corrected chi connectivity index (χ4v) is 3.06. The van der Waals surface area contributed by atoms with E-state index < -0.39 is 0 Å². The van der Waals surface area contributed by atoms with Crippen LogP contribution in [0.4, 0.5) is 4.39 Å². The van der Waals surface area contributed by atoms with Crippen molar-refractivity contribution < 1.29 is 4.39 Å². The second-order valence-electron chi connectivity index (χ2n) is 6.52. The Morgan fingerprint density at radius 3 is 2.52 bits per heavy atom. The van der Waals surface area contributed by atoms with Gasteiger partial charge in [-0.25, -0.2) is 4.39 Å². The van der Waals surface area contributed by atoms with Crippen molar-refractivity contribution in [2.45, 2.75) is 38.5 Å². The lowest BCUT2D eigenvalue weighted by molar-refractivity contribution is 0.300. The summed E-state index contributed by atoms with van der Waals surface area (Å²) in [5.41, 5.74) is 1.16. The van der Waals surface area contributed by atoms with E-state index in [1.807, 2.05) is 6.07 Å². The molecule has 2 N–H and O–H groups in total. The third-order valence-corrected chi connectivity index (χ3v) is 4.95. The Labute approximate surface area is 168 Å². The number of aliphatic imine (C=N–C) groups is 1. The molecule has 0 heterocycles. The quantitative estimate of drug-likeness (QED) is 0.256. The minimum absolute atomic E-state index is 0. The third kappa shape index (κ3) is 6.73. The molecule has 0 aromatic heterocycles. The molecule has 1 aromatic carbocycles. The van der Waals surface area contributed by atoms with E-state index in [1.54, 1.807) is 19.2 Å². The lowest BCUT2D eigenvalue weighted by atomic mass is 9.96. The standard InChI is InChI=1S/C19H31FN4.HI/c1-4-24(5-2)13-7-12-22-18(21-3)23-15-19(10-11-19)16-8-6-9-17(20)14-16;/h6,8-9,14H,4-5,7,10-13,15H2,1-3H3,(H2,21,22,23);1H. The van der Waals surface area contributed by atoms with Crippen LogP contribution in [-0.4, -0.2) is 50.6 Å². The largest absolute Gasteiger partial charge is 0.356 e. The monoisotopic (exact) mass is 462 g/mol. The number of nitrogens with one attached hydrogen (secondary N) is 2. The van der Waals surface area contributed by atoms with Crippen molar-refractivity contribution in [3.05, 3.63) is 35.6 Å². The minimum Gasteiger partial charge on any atom is -0.356 e. The molecular formula is C19H32FIN4. The van der Waals surface area contributed by atoms with Gasteiger partial charge >= 0.3 is 0 Å². The lowest BCUT2D eigenvalue weighted by Crippen LogP contribution is -2.42. The zero-order chi connectivity index (χ0) is 17.4. The molecule has 6 heteroatoms. The van der Waals surface area contributed by atoms with Crippen LogP contribution in [0.1, 0.15) is 38.7 Å². The van der Waals surface area contributed by atoms with Crippen molar-refractivity contribution in [1.29, 1.82) is 0 Å². The molecule has 0 spiro atoms. The zero-order valence-electron chi connectivity index (χ0n) is 15.6. The Kier molecular flexibility index (Phi) is 9.71. The van der Waals surface area contributed by atoms with Gasteiger partial charge in [-0.15, -0.1) is 24.0 Å². The molecule has 0 radical (unpaired) electrons. The Bertz CT molecular complexity index is 542. The predicted molar refractivity (Wildman–Crippen MR) is 114 cm³/mol. The van der Waals surface area contributed by atoms with Gasteiger partial charge in [0.25, 0.3) is 0 Å². The third-order valence-electron chi connectivity index (χ3n) is 4.95. The van der Waals surface area contributed by atoms with Crippen LogP contribution in [-0.2, 0) is 5.41 Å². The smallest absolute Gasteiger partial charge is 0.191 e. The van der Waals surface area contributed by atoms with Crippen molar-refractivity contribution in [3.63, 3.8) is 0 Å². The van der Waals surface area contributed by atoms with Crippen molar-refractivity contribution in [3.8, 4) is 0 Å². The normalized spacial score (nSPS) is 15.6. The van der Waals surface area contributed by atoms with E-state index >= 15 is 0 Å². The van der Waals surface area contributed by atoms with Gasteiger partial charge in [0.1, 0.15) is 5.82 Å². The van der Waals surface area contributed by atoms with Gasteiger partial charge in [-0.1, -0.05) is 26.0 Å². The summed E-state index contributed by atoms with van der Waals surface area (Å²) < 4.78 is 13.5. The lowest BCUT2D eigenvalue weighted by Gasteiger charge is -2.20. The van der Waals surface area contributed by atoms with E-state index in [1.165, 1.54) is 6.07 Å². The van der Waals surface area contributed by atoms with Crippen molar-refractivity contribution in [2.24, 2.45) is 4.99 Å². The summed E-state index contributed by atoms with van der Waals surface area (Å²) >= 11 is 0. The Morgan fingerprint density at radius 2 is 1.96 bits per heavy atom. The number of hydrogen-bond acceptors (Lipinski definition) is 2. The van der Waals surface area contributed by atoms with E-state index in [0.717, 1.165) is 63.5 Å². The van der Waals surface area contributed by atoms with Gasteiger partial charge in [-0.2, -0.15) is 0 Å². The van der Waals surface area contributed by atoms with Gasteiger partial charge in [0, 0.05) is 25.6 Å². The van der Waals surface area contributed by atoms with Crippen molar-refractivity contribution in [2.75, 3.05) is 39.8 Å². The van der Waals surface area contributed by atoms with Gasteiger partial charge in [0.15, 0.2) is 5.96 Å². The van der Waals surface area contributed by atoms with Crippen LogP contribution in [0.15, 0.2) is 29.3 Å². The molecule has 2 rings (SSSR count). The molecule has 0 bridgehead atoms. The molecule has 1 aromatic rings. The van der Waals surface area contributed by atoms with Gasteiger partial charge in [0.05, 0.1) is 0 Å². The first kappa shape index (κ1) is 22.2. The van der Waals surface area contributed by atoms with E-state index in [9.17, 15) is 4.39 Å². The highest BCUT2D eigenvalue weighted by Gasteiger charge is 2.44. The van der Waals surface area contributed by atoms with Crippen LogP contribution < -0.4 is 10.6 Å². The van der Waals surface area contributed by atoms with Gasteiger partial charge in [-0.3, -0.25) is 4.99 Å². The van der Waals surface area contributed by atoms with Crippen LogP contribution >= 0.6 is 24.0 Å². The van der Waals surface area contributed by atoms with E-state index in [-0.39, 0.29) is 35.2 Å². The fourth-order valence-electron chi connectivity index (χ4n) is 3.06. The molecule has 25 heavy (non-hydrogen) atoms. The summed E-state index contributed by atoms with van der Waals surface area (Å²) in [5, 5.41) is 6.78. The molecule has 1 fully saturated rings. The summed E-state index contributed by atoms with van der Waals surface area (Å²) in [7, 11) is 1.79. The highest BCUT2D eigenvalue weighted by molar-refractivity contribution is 14.0. The Morgan fingerprint density at radius 1 is 1.24 bits per heavy atom. The fraction of sp³-hybridized carbons (Fsp3) is 0.632. The average Bonchev–Trinajstić information content (AvgIpc) is 3.39. The van der Waals surface area contributed by atoms with Crippen LogP contribution in [0.3, 0.4) is 0 Å². The zero-order valence-corrected chi connectivity index (χ0v) is 18.0. The maximum absolute atomic E-state index is 13.5. The highest BCUT2D eigenvalue weighted by Crippen LogP contribution is 2.47. The molecule has 0 amide bonds. The molecular weight excluding hydrogens is 430 g/mol. The molecule has 0 saturated heterocycles. The van der Waals surface area contributed by atoms with Crippen LogP contribution in [0.5, 0.6) is 0 Å². The second kappa shape index (κ2) is 11.0. The summed E-state index contributed by atoms with van der Waals surface area (Å²) in [6.07, 6.45) is 3.29. The molecule has 1 aliphatic rings. The number of rotatable bonds is 9. The first-order valence-electron chi connectivity index (χ1n) is 9.06. The molecule has 142 valence electrons. The number of hydrogen-bond donors (Lipinski definition) is 2. The number of nitrogens with zero attached hydrogens (tertiary/aromatic N) is 2. The average molecular weight is 462 g/mol. The molecule has 0 unspecified atom stereocenters. The Balaban J connectivity index is 0.00000312. The van der Waals surface area contributed by atoms with E-state index in [4.69, 9.17) is 0 Å². The first-order valence-corrected chi connectivity index (χ1v) is 9.06. The highest BCUT2D eigenvalue weighted by atomic mass is 127. The minimum atomic E-state index is -0.155. The maximum Gasteiger partial charge on any atom is 0.191 e. The summed E-state index contributed by atoms with van der Waals surface area (Å²) in [4.78, 5) is 6.71. The number of halogens is 2. The second-order valence-corrected chi connectivity index (χ2v) is 6.52. The predicted octanol–water partition coefficient (Wildman–Crippen LogP) is 3.37. The van der Waals surface area contributed by atoms with Crippen molar-refractivity contribution >= 4 is 29.9 Å². The number of benzene rings is 1. The number of guanidine groups is 1. The molecule has 0 aliphatic heterocycles. The first-order chi connectivity index (χ1) is 11.6. The molecule has 0 atom stereocenters. The molecule has 4 nitrogen and oxygen atoms in total. The van der Waals surface area contributed by atoms with Crippen LogP contribution in [0.25, 0.3) is 0 Å². The summed E-state index contributed by atoms with van der Waals surface area (Å²) in [6.45, 7) is 9.39. The van der Waals surface area contributed by atoms with Crippen LogP contribution in [0, 0.1) is 5.82 Å². The topological polar surface area (TPSA) is 39.7 Å². The van der Waals surface area contributed by atoms with Gasteiger partial charge < -0.3 is 15.5 Å². The SMILES string of the molecule is CCN(CC)CCCNC(=NC)NCC1(c2cccc(F)c2)CC1.I. The Hall–Kier alpha value is -0.890. The van der Waals surface area contributed by atoms with Gasteiger partial charge in [0.2, 0.25) is 0 Å². The van der Waals surface area contributed by atoms with E-state index in [2.05, 4.69) is 34.4 Å². The molecule has 1 saturated carbocycles. The summed E-state index contributed by atoms with van der Waals surface area (Å²) in [5.74, 6) is 0.676. The van der Waals surface area contributed by atoms with Gasteiger partial charge in [-0.05, 0) is 56.6 Å².